The van der Waals surface area contributed by atoms with Crippen molar-refractivity contribution in [3.8, 4) is 0 Å². The van der Waals surface area contributed by atoms with Gasteiger partial charge in [-0.25, -0.2) is 25.9 Å². The molecule has 0 aromatic heterocycles. The van der Waals surface area contributed by atoms with Crippen molar-refractivity contribution >= 4 is 20.0 Å². The second-order valence-electron chi connectivity index (χ2n) is 6.20. The Labute approximate surface area is 139 Å². The standard InChI is InChI=1S/C15H24N2O4S2/c1-13-4-3-5-15(10-13)12-23(20,21)16-11-14-6-8-17(9-7-14)22(2,18)19/h3-5,10,14,16H,6-9,11-12H2,1-2H3. The molecule has 23 heavy (non-hydrogen) atoms. The Kier molecular flexibility index (Phi) is 5.83. The van der Waals surface area contributed by atoms with E-state index in [4.69, 9.17) is 0 Å². The van der Waals surface area contributed by atoms with E-state index >= 15 is 0 Å². The van der Waals surface area contributed by atoms with E-state index in [2.05, 4.69) is 4.72 Å². The van der Waals surface area contributed by atoms with E-state index in [0.29, 0.717) is 32.5 Å². The number of benzene rings is 1. The quantitative estimate of drug-likeness (QED) is 0.823. The van der Waals surface area contributed by atoms with Crippen LogP contribution in [0.15, 0.2) is 24.3 Å². The van der Waals surface area contributed by atoms with Crippen molar-refractivity contribution in [2.75, 3.05) is 25.9 Å². The number of nitrogens with one attached hydrogen (secondary N) is 1. The summed E-state index contributed by atoms with van der Waals surface area (Å²) in [5.74, 6) is 0.150. The normalized spacial score (nSPS) is 18.2. The van der Waals surface area contributed by atoms with Crippen LogP contribution in [-0.2, 0) is 25.8 Å². The van der Waals surface area contributed by atoms with Gasteiger partial charge in [0.1, 0.15) is 0 Å². The summed E-state index contributed by atoms with van der Waals surface area (Å²) in [7, 11) is -6.52. The van der Waals surface area contributed by atoms with Crippen LogP contribution in [0.25, 0.3) is 0 Å². The molecule has 8 heteroatoms. The maximum Gasteiger partial charge on any atom is 0.215 e. The smallest absolute Gasteiger partial charge is 0.215 e. The molecule has 0 radical (unpaired) electrons. The SMILES string of the molecule is Cc1cccc(CS(=O)(=O)NCC2CCN(S(C)(=O)=O)CC2)c1. The van der Waals surface area contributed by atoms with E-state index in [1.54, 1.807) is 6.07 Å². The molecule has 1 heterocycles. The summed E-state index contributed by atoms with van der Waals surface area (Å²) in [4.78, 5) is 0. The van der Waals surface area contributed by atoms with Gasteiger partial charge in [0.15, 0.2) is 0 Å². The third-order valence-electron chi connectivity index (χ3n) is 4.07. The van der Waals surface area contributed by atoms with Gasteiger partial charge in [0, 0.05) is 19.6 Å². The minimum absolute atomic E-state index is 0.0309. The van der Waals surface area contributed by atoms with Crippen molar-refractivity contribution in [2.45, 2.75) is 25.5 Å². The molecular formula is C15H24N2O4S2. The summed E-state index contributed by atoms with van der Waals surface area (Å²) >= 11 is 0. The Morgan fingerprint density at radius 2 is 1.83 bits per heavy atom. The molecule has 2 rings (SSSR count). The zero-order valence-corrected chi connectivity index (χ0v) is 15.2. The van der Waals surface area contributed by atoms with E-state index in [0.717, 1.165) is 11.1 Å². The van der Waals surface area contributed by atoms with Crippen LogP contribution in [0.1, 0.15) is 24.0 Å². The van der Waals surface area contributed by atoms with Gasteiger partial charge in [0.05, 0.1) is 12.0 Å². The zero-order valence-electron chi connectivity index (χ0n) is 13.5. The van der Waals surface area contributed by atoms with Crippen LogP contribution >= 0.6 is 0 Å². The lowest BCUT2D eigenvalue weighted by Crippen LogP contribution is -2.41. The Morgan fingerprint density at radius 3 is 2.39 bits per heavy atom. The molecule has 6 nitrogen and oxygen atoms in total. The van der Waals surface area contributed by atoms with Gasteiger partial charge >= 0.3 is 0 Å². The molecule has 0 spiro atoms. The number of hydrogen-bond donors (Lipinski definition) is 1. The van der Waals surface area contributed by atoms with Crippen molar-refractivity contribution in [1.29, 1.82) is 0 Å². The monoisotopic (exact) mass is 360 g/mol. The van der Waals surface area contributed by atoms with Gasteiger partial charge in [-0.3, -0.25) is 0 Å². The molecule has 0 bridgehead atoms. The molecular weight excluding hydrogens is 336 g/mol. The first-order valence-corrected chi connectivity index (χ1v) is 11.1. The van der Waals surface area contributed by atoms with Crippen LogP contribution in [0.4, 0.5) is 0 Å². The van der Waals surface area contributed by atoms with Crippen molar-refractivity contribution < 1.29 is 16.8 Å². The van der Waals surface area contributed by atoms with Crippen molar-refractivity contribution in [1.82, 2.24) is 9.03 Å². The van der Waals surface area contributed by atoms with E-state index in [1.807, 2.05) is 25.1 Å². The number of rotatable bonds is 6. The average molecular weight is 361 g/mol. The second kappa shape index (κ2) is 7.29. The third-order valence-corrected chi connectivity index (χ3v) is 6.70. The number of hydrogen-bond acceptors (Lipinski definition) is 4. The Bertz CT molecular complexity index is 736. The van der Waals surface area contributed by atoms with E-state index in [-0.39, 0.29) is 11.7 Å². The van der Waals surface area contributed by atoms with Gasteiger partial charge in [-0.1, -0.05) is 29.8 Å². The van der Waals surface area contributed by atoms with E-state index in [9.17, 15) is 16.8 Å². The fourth-order valence-electron chi connectivity index (χ4n) is 2.76. The predicted molar refractivity (Wildman–Crippen MR) is 90.9 cm³/mol. The van der Waals surface area contributed by atoms with Gasteiger partial charge in [-0.05, 0) is 31.2 Å². The highest BCUT2D eigenvalue weighted by atomic mass is 32.2. The Morgan fingerprint density at radius 1 is 1.17 bits per heavy atom. The molecule has 0 atom stereocenters. The lowest BCUT2D eigenvalue weighted by molar-refractivity contribution is 0.275. The first kappa shape index (κ1) is 18.4. The fraction of sp³-hybridized carbons (Fsp3) is 0.600. The zero-order chi connectivity index (χ0) is 17.1. The van der Waals surface area contributed by atoms with Crippen LogP contribution < -0.4 is 4.72 Å². The first-order valence-electron chi connectivity index (χ1n) is 7.64. The van der Waals surface area contributed by atoms with E-state index in [1.165, 1.54) is 10.6 Å². The first-order chi connectivity index (χ1) is 10.7. The molecule has 1 N–H and O–H groups in total. The lowest BCUT2D eigenvalue weighted by atomic mass is 9.99. The van der Waals surface area contributed by atoms with Gasteiger partial charge in [-0.15, -0.1) is 0 Å². The summed E-state index contributed by atoms with van der Waals surface area (Å²) < 4.78 is 51.3. The largest absolute Gasteiger partial charge is 0.215 e. The molecule has 1 saturated heterocycles. The highest BCUT2D eigenvalue weighted by Crippen LogP contribution is 2.19. The number of sulfonamides is 2. The summed E-state index contributed by atoms with van der Waals surface area (Å²) in [6, 6.07) is 7.45. The highest BCUT2D eigenvalue weighted by molar-refractivity contribution is 7.88. The van der Waals surface area contributed by atoms with Crippen LogP contribution in [0, 0.1) is 12.8 Å². The van der Waals surface area contributed by atoms with Crippen LogP contribution in [0.5, 0.6) is 0 Å². The minimum atomic E-state index is -3.37. The minimum Gasteiger partial charge on any atom is -0.215 e. The average Bonchev–Trinajstić information content (AvgIpc) is 2.44. The molecule has 1 aromatic carbocycles. The second-order valence-corrected chi connectivity index (χ2v) is 9.99. The van der Waals surface area contributed by atoms with Crippen LogP contribution in [-0.4, -0.2) is 47.0 Å². The maximum absolute atomic E-state index is 12.2. The topological polar surface area (TPSA) is 83.6 Å². The van der Waals surface area contributed by atoms with Gasteiger partial charge in [0.25, 0.3) is 0 Å². The van der Waals surface area contributed by atoms with Gasteiger partial charge in [-0.2, -0.15) is 0 Å². The van der Waals surface area contributed by atoms with Crippen molar-refractivity contribution in [2.24, 2.45) is 5.92 Å². The molecule has 0 saturated carbocycles. The van der Waals surface area contributed by atoms with Crippen LogP contribution in [0.3, 0.4) is 0 Å². The maximum atomic E-state index is 12.2. The summed E-state index contributed by atoms with van der Waals surface area (Å²) in [5, 5.41) is 0. The fourth-order valence-corrected chi connectivity index (χ4v) is 4.85. The molecule has 1 aliphatic rings. The lowest BCUT2D eigenvalue weighted by Gasteiger charge is -2.30. The number of aryl methyl sites for hydroxylation is 1. The summed E-state index contributed by atoms with van der Waals surface area (Å²) in [5.41, 5.74) is 1.80. The Hall–Kier alpha value is -0.960. The predicted octanol–water partition coefficient (Wildman–Crippen LogP) is 1.09. The third kappa shape index (κ3) is 5.87. The molecule has 0 unspecified atom stereocenters. The molecule has 130 valence electrons. The number of nitrogens with zero attached hydrogens (tertiary/aromatic N) is 1. The molecule has 0 aliphatic carbocycles. The molecule has 1 aliphatic heterocycles. The van der Waals surface area contributed by atoms with Crippen LogP contribution in [0.2, 0.25) is 0 Å². The summed E-state index contributed by atoms with van der Waals surface area (Å²) in [6.07, 6.45) is 2.57. The van der Waals surface area contributed by atoms with Crippen molar-refractivity contribution in [3.05, 3.63) is 35.4 Å². The molecule has 1 aromatic rings. The van der Waals surface area contributed by atoms with Gasteiger partial charge in [0.2, 0.25) is 20.0 Å². The van der Waals surface area contributed by atoms with E-state index < -0.39 is 20.0 Å². The Balaban J connectivity index is 1.84. The summed E-state index contributed by atoms with van der Waals surface area (Å²) in [6.45, 7) is 3.22. The van der Waals surface area contributed by atoms with Gasteiger partial charge < -0.3 is 0 Å². The molecule has 0 amide bonds. The van der Waals surface area contributed by atoms with Crippen molar-refractivity contribution in [3.63, 3.8) is 0 Å². The molecule has 1 fully saturated rings. The highest BCUT2D eigenvalue weighted by Gasteiger charge is 2.25. The number of piperidine rings is 1.